The molecule has 2 aliphatic carbocycles. The maximum Gasteiger partial charge on any atom is 0.270 e. The third kappa shape index (κ3) is 3.28. The summed E-state index contributed by atoms with van der Waals surface area (Å²) in [5, 5.41) is 4.09. The van der Waals surface area contributed by atoms with E-state index < -0.39 is 10.0 Å². The second-order valence-corrected chi connectivity index (χ2v) is 9.77. The molecule has 1 N–H and O–H groups in total. The number of hydrogen-bond donors (Lipinski definition) is 1. The fraction of sp³-hybridized carbons (Fsp3) is 0.348. The van der Waals surface area contributed by atoms with Crippen LogP contribution in [0, 0.1) is 0 Å². The van der Waals surface area contributed by atoms with Crippen molar-refractivity contribution in [1.29, 1.82) is 0 Å². The van der Waals surface area contributed by atoms with Gasteiger partial charge in [-0.25, -0.2) is 8.42 Å². The summed E-state index contributed by atoms with van der Waals surface area (Å²) in [7, 11) is 1.89. The van der Waals surface area contributed by atoms with Gasteiger partial charge in [0.15, 0.2) is 28.0 Å². The highest BCUT2D eigenvalue weighted by Crippen LogP contribution is 2.60. The molecule has 2 aliphatic rings. The fourth-order valence-electron chi connectivity index (χ4n) is 4.56. The highest BCUT2D eigenvalue weighted by atomic mass is 32.2. The topological polar surface area (TPSA) is 109 Å². The van der Waals surface area contributed by atoms with Crippen LogP contribution in [0.2, 0.25) is 0 Å². The first-order valence-corrected chi connectivity index (χ1v) is 11.8. The molecule has 0 atom stereocenters. The number of rotatable bonds is 7. The van der Waals surface area contributed by atoms with E-state index in [1.807, 2.05) is 12.1 Å². The van der Waals surface area contributed by atoms with Crippen LogP contribution in [0.25, 0.3) is 11.3 Å². The molecule has 0 radical (unpaired) electrons. The summed E-state index contributed by atoms with van der Waals surface area (Å²) in [5.41, 5.74) is 2.55. The van der Waals surface area contributed by atoms with E-state index in [1.165, 1.54) is 14.2 Å². The van der Waals surface area contributed by atoms with Gasteiger partial charge in [-0.15, -0.1) is 0 Å². The van der Waals surface area contributed by atoms with Crippen molar-refractivity contribution in [3.63, 3.8) is 0 Å². The Morgan fingerprint density at radius 3 is 2.12 bits per heavy atom. The summed E-state index contributed by atoms with van der Waals surface area (Å²) in [6, 6.07) is 8.62. The molecule has 0 amide bonds. The number of anilines is 1. The van der Waals surface area contributed by atoms with Crippen molar-refractivity contribution in [3.05, 3.63) is 41.5 Å². The van der Waals surface area contributed by atoms with Crippen LogP contribution >= 0.6 is 0 Å². The minimum Gasteiger partial charge on any atom is -0.495 e. The first kappa shape index (κ1) is 21.4. The minimum atomic E-state index is -4.09. The Morgan fingerprint density at radius 1 is 0.939 bits per heavy atom. The van der Waals surface area contributed by atoms with E-state index in [2.05, 4.69) is 9.88 Å². The molecular formula is C23H24N2O7S. The predicted molar refractivity (Wildman–Crippen MR) is 120 cm³/mol. The quantitative estimate of drug-likeness (QED) is 0.554. The molecular weight excluding hydrogens is 448 g/mol. The normalized spacial score (nSPS) is 15.4. The highest BCUT2D eigenvalue weighted by Gasteiger charge is 2.51. The lowest BCUT2D eigenvalue weighted by Gasteiger charge is -2.26. The van der Waals surface area contributed by atoms with Crippen LogP contribution in [0.1, 0.15) is 24.0 Å². The van der Waals surface area contributed by atoms with Crippen molar-refractivity contribution in [3.8, 4) is 34.3 Å². The van der Waals surface area contributed by atoms with Crippen molar-refractivity contribution >= 4 is 15.8 Å². The summed E-state index contributed by atoms with van der Waals surface area (Å²) < 4.78 is 56.5. The second kappa shape index (κ2) is 7.58. The van der Waals surface area contributed by atoms with E-state index >= 15 is 0 Å². The van der Waals surface area contributed by atoms with Gasteiger partial charge in [0.2, 0.25) is 0 Å². The van der Waals surface area contributed by atoms with Gasteiger partial charge in [-0.05, 0) is 49.1 Å². The largest absolute Gasteiger partial charge is 0.495 e. The molecule has 3 aromatic rings. The van der Waals surface area contributed by atoms with Gasteiger partial charge in [0.05, 0.1) is 28.4 Å². The van der Waals surface area contributed by atoms with E-state index in [0.717, 1.165) is 24.0 Å². The van der Waals surface area contributed by atoms with Crippen molar-refractivity contribution in [2.45, 2.75) is 29.6 Å². The zero-order valence-electron chi connectivity index (χ0n) is 18.7. The van der Waals surface area contributed by atoms with E-state index in [4.69, 9.17) is 23.5 Å². The molecule has 33 heavy (non-hydrogen) atoms. The minimum absolute atomic E-state index is 0.101. The van der Waals surface area contributed by atoms with Crippen LogP contribution in [-0.2, 0) is 21.9 Å². The summed E-state index contributed by atoms with van der Waals surface area (Å²) in [6.45, 7) is 0. The van der Waals surface area contributed by atoms with Gasteiger partial charge in [0, 0.05) is 16.5 Å². The molecule has 0 unspecified atom stereocenters. The summed E-state index contributed by atoms with van der Waals surface area (Å²) in [5.74, 6) is 2.23. The molecule has 0 saturated heterocycles. The molecule has 9 nitrogen and oxygen atoms in total. The number of benzene rings is 2. The summed E-state index contributed by atoms with van der Waals surface area (Å²) in [6.07, 6.45) is 2.56. The van der Waals surface area contributed by atoms with Crippen LogP contribution in [-0.4, -0.2) is 42.0 Å². The Labute approximate surface area is 191 Å². The fourth-order valence-corrected chi connectivity index (χ4v) is 5.91. The van der Waals surface area contributed by atoms with E-state index in [1.54, 1.807) is 32.4 Å². The average molecular weight is 473 g/mol. The molecule has 10 heteroatoms. The Morgan fingerprint density at radius 2 is 1.55 bits per heavy atom. The van der Waals surface area contributed by atoms with Crippen molar-refractivity contribution in [1.82, 2.24) is 5.16 Å². The number of ether oxygens (including phenoxy) is 4. The zero-order chi connectivity index (χ0) is 23.4. The van der Waals surface area contributed by atoms with Crippen LogP contribution in [0.5, 0.6) is 23.0 Å². The maximum atomic E-state index is 13.4. The lowest BCUT2D eigenvalue weighted by molar-refractivity contribution is 0.353. The third-order valence-corrected chi connectivity index (χ3v) is 7.78. The van der Waals surface area contributed by atoms with Crippen LogP contribution in [0.15, 0.2) is 39.8 Å². The molecule has 0 bridgehead atoms. The highest BCUT2D eigenvalue weighted by molar-refractivity contribution is 7.93. The Bertz CT molecular complexity index is 1320. The number of nitrogens with one attached hydrogen (secondary N) is 1. The SMILES string of the molecule is COc1cc2c(cc1OC)C1(CC1)Cc1c(NS(=O)(=O)c3c(OC)cccc3OC)noc1-2. The van der Waals surface area contributed by atoms with Crippen molar-refractivity contribution in [2.75, 3.05) is 33.2 Å². The molecule has 174 valence electrons. The Balaban J connectivity index is 1.60. The van der Waals surface area contributed by atoms with Gasteiger partial charge in [0.25, 0.3) is 10.0 Å². The van der Waals surface area contributed by atoms with Gasteiger partial charge in [0.1, 0.15) is 11.5 Å². The Hall–Kier alpha value is -3.40. The maximum absolute atomic E-state index is 13.4. The van der Waals surface area contributed by atoms with Crippen LogP contribution in [0.3, 0.4) is 0 Å². The van der Waals surface area contributed by atoms with Crippen LogP contribution in [0.4, 0.5) is 5.82 Å². The monoisotopic (exact) mass is 472 g/mol. The van der Waals surface area contributed by atoms with Gasteiger partial charge in [-0.2, -0.15) is 0 Å². The predicted octanol–water partition coefficient (Wildman–Crippen LogP) is 3.76. The lowest BCUT2D eigenvalue weighted by Crippen LogP contribution is -2.20. The van der Waals surface area contributed by atoms with E-state index in [-0.39, 0.29) is 27.6 Å². The standard InChI is InChI=1S/C23H24N2O7S/c1-28-16-6-5-7-17(29-2)21(16)33(26,27)25-22-14-12-23(8-9-23)15-11-19(31-4)18(30-3)10-13(15)20(14)32-24-22/h5-7,10-11H,8-9,12H2,1-4H3,(H,24,25). The number of hydrogen-bond acceptors (Lipinski definition) is 8. The number of sulfonamides is 1. The molecule has 1 spiro atoms. The number of nitrogens with zero attached hydrogens (tertiary/aromatic N) is 1. The summed E-state index contributed by atoms with van der Waals surface area (Å²) >= 11 is 0. The van der Waals surface area contributed by atoms with Gasteiger partial charge in [-0.3, -0.25) is 4.72 Å². The van der Waals surface area contributed by atoms with Gasteiger partial charge >= 0.3 is 0 Å². The molecule has 2 aromatic carbocycles. The number of methoxy groups -OCH3 is 4. The number of aromatic nitrogens is 1. The first-order valence-electron chi connectivity index (χ1n) is 10.4. The molecule has 1 fully saturated rings. The third-order valence-electron chi connectivity index (χ3n) is 6.38. The Kier molecular flexibility index (Phi) is 4.93. The van der Waals surface area contributed by atoms with Gasteiger partial charge < -0.3 is 23.5 Å². The first-order chi connectivity index (χ1) is 15.9. The van der Waals surface area contributed by atoms with E-state index in [9.17, 15) is 8.42 Å². The van der Waals surface area contributed by atoms with E-state index in [0.29, 0.717) is 29.2 Å². The average Bonchev–Trinajstić information content (AvgIpc) is 3.50. The molecule has 1 aromatic heterocycles. The molecule has 1 heterocycles. The smallest absolute Gasteiger partial charge is 0.270 e. The lowest BCUT2D eigenvalue weighted by atomic mass is 9.79. The van der Waals surface area contributed by atoms with Crippen molar-refractivity contribution < 1.29 is 31.9 Å². The molecule has 0 aliphatic heterocycles. The summed E-state index contributed by atoms with van der Waals surface area (Å²) in [4.78, 5) is -0.101. The second-order valence-electron chi connectivity index (χ2n) is 8.15. The number of fused-ring (bicyclic) bond motifs is 4. The molecule has 5 rings (SSSR count). The molecule has 1 saturated carbocycles. The van der Waals surface area contributed by atoms with Crippen molar-refractivity contribution in [2.24, 2.45) is 0 Å². The van der Waals surface area contributed by atoms with Crippen LogP contribution < -0.4 is 23.7 Å². The zero-order valence-corrected chi connectivity index (χ0v) is 19.5. The van der Waals surface area contributed by atoms with Gasteiger partial charge in [-0.1, -0.05) is 11.2 Å².